The van der Waals surface area contributed by atoms with Crippen molar-refractivity contribution in [3.63, 3.8) is 0 Å². The van der Waals surface area contributed by atoms with Crippen molar-refractivity contribution in [3.8, 4) is 0 Å². The Bertz CT molecular complexity index is 884. The van der Waals surface area contributed by atoms with Crippen molar-refractivity contribution < 1.29 is 19.0 Å². The van der Waals surface area contributed by atoms with E-state index in [-0.39, 0.29) is 5.82 Å². The lowest BCUT2D eigenvalue weighted by molar-refractivity contribution is -0.0193. The van der Waals surface area contributed by atoms with Crippen LogP contribution in [0.15, 0.2) is 41.2 Å². The minimum absolute atomic E-state index is 0.183. The maximum atomic E-state index is 13.2. The molecule has 1 aromatic carbocycles. The van der Waals surface area contributed by atoms with Crippen LogP contribution in [0.2, 0.25) is 25.7 Å². The lowest BCUT2D eigenvalue weighted by Crippen LogP contribution is -2.52. The maximum absolute atomic E-state index is 13.2. The second kappa shape index (κ2) is 12.0. The summed E-state index contributed by atoms with van der Waals surface area (Å²) in [6, 6.07) is 8.43. The van der Waals surface area contributed by atoms with Crippen LogP contribution >= 0.6 is 0 Å². The second-order valence-corrected chi connectivity index (χ2v) is 16.6. The van der Waals surface area contributed by atoms with Crippen LogP contribution in [0, 0.1) is 5.82 Å². The van der Waals surface area contributed by atoms with E-state index in [1.807, 2.05) is 23.2 Å². The summed E-state index contributed by atoms with van der Waals surface area (Å²) in [6.45, 7) is 11.8. The topological polar surface area (TPSA) is 69.6 Å². The highest BCUT2D eigenvalue weighted by molar-refractivity contribution is 6.76. The molecule has 2 fully saturated rings. The van der Waals surface area contributed by atoms with Gasteiger partial charge < -0.3 is 29.7 Å². The zero-order valence-corrected chi connectivity index (χ0v) is 22.4. The van der Waals surface area contributed by atoms with Gasteiger partial charge in [-0.2, -0.15) is 0 Å². The number of hydrogen-bond donors (Lipinski definition) is 2. The number of hydrogen-bond acceptors (Lipinski definition) is 7. The molecule has 4 rings (SSSR count). The van der Waals surface area contributed by atoms with E-state index in [9.17, 15) is 9.50 Å². The molecule has 35 heavy (non-hydrogen) atoms. The fourth-order valence-electron chi connectivity index (χ4n) is 4.50. The molecule has 7 nitrogen and oxygen atoms in total. The molecule has 3 aliphatic rings. The molecule has 1 unspecified atom stereocenters. The molecular weight excluding hydrogens is 463 g/mol. The molecule has 0 aromatic heterocycles. The number of nitrogens with zero attached hydrogens (tertiary/aromatic N) is 3. The van der Waals surface area contributed by atoms with E-state index < -0.39 is 14.3 Å². The van der Waals surface area contributed by atoms with Crippen molar-refractivity contribution in [1.82, 2.24) is 15.1 Å². The molecule has 0 spiro atoms. The van der Waals surface area contributed by atoms with Gasteiger partial charge in [-0.25, -0.2) is 9.38 Å². The Labute approximate surface area is 210 Å². The highest BCUT2D eigenvalue weighted by Gasteiger charge is 2.37. The lowest BCUT2D eigenvalue weighted by Gasteiger charge is -2.38. The molecule has 1 aliphatic carbocycles. The van der Waals surface area contributed by atoms with Crippen molar-refractivity contribution in [1.29, 1.82) is 0 Å². The molecule has 2 aliphatic heterocycles. The fourth-order valence-corrected chi connectivity index (χ4v) is 5.26. The van der Waals surface area contributed by atoms with Gasteiger partial charge in [-0.15, -0.1) is 0 Å². The van der Waals surface area contributed by atoms with Crippen LogP contribution in [-0.4, -0.2) is 87.3 Å². The number of nitrogens with one attached hydrogen (secondary N) is 1. The minimum Gasteiger partial charge on any atom is -0.378 e. The first-order valence-electron chi connectivity index (χ1n) is 12.9. The van der Waals surface area contributed by atoms with Gasteiger partial charge in [-0.1, -0.05) is 31.8 Å². The molecule has 1 saturated carbocycles. The van der Waals surface area contributed by atoms with Gasteiger partial charge in [0.05, 0.1) is 18.9 Å². The van der Waals surface area contributed by atoms with Crippen LogP contribution in [0.5, 0.6) is 0 Å². The first-order valence-corrected chi connectivity index (χ1v) is 16.6. The van der Waals surface area contributed by atoms with E-state index >= 15 is 0 Å². The molecule has 1 saturated heterocycles. The summed E-state index contributed by atoms with van der Waals surface area (Å²) in [6.07, 6.45) is 4.04. The van der Waals surface area contributed by atoms with Gasteiger partial charge in [-0.05, 0) is 49.5 Å². The fraction of sp³-hybridized carbons (Fsp3) is 0.654. The summed E-state index contributed by atoms with van der Waals surface area (Å²) in [5.41, 5.74) is 2.18. The molecule has 2 N–H and O–H groups in total. The van der Waals surface area contributed by atoms with Crippen LogP contribution in [0.25, 0.3) is 0 Å². The Morgan fingerprint density at radius 3 is 2.66 bits per heavy atom. The Kier molecular flexibility index (Phi) is 8.99. The average molecular weight is 505 g/mol. The van der Waals surface area contributed by atoms with Gasteiger partial charge in [0.15, 0.2) is 12.1 Å². The van der Waals surface area contributed by atoms with E-state index in [1.165, 1.54) is 5.56 Å². The van der Waals surface area contributed by atoms with E-state index in [1.54, 1.807) is 12.1 Å². The summed E-state index contributed by atoms with van der Waals surface area (Å²) < 4.78 is 24.6. The molecule has 0 radical (unpaired) electrons. The van der Waals surface area contributed by atoms with Gasteiger partial charge in [0, 0.05) is 45.9 Å². The number of aliphatic hydroxyl groups is 1. The van der Waals surface area contributed by atoms with Gasteiger partial charge in [0.1, 0.15) is 12.5 Å². The number of aliphatic imine (C=N–C) groups is 1. The molecule has 0 amide bonds. The first kappa shape index (κ1) is 26.3. The zero-order chi connectivity index (χ0) is 24.8. The Morgan fingerprint density at radius 1 is 1.20 bits per heavy atom. The quantitative estimate of drug-likeness (QED) is 0.355. The predicted octanol–water partition coefficient (Wildman–Crippen LogP) is 3.57. The van der Waals surface area contributed by atoms with Gasteiger partial charge in [0.25, 0.3) is 0 Å². The second-order valence-electron chi connectivity index (χ2n) is 11.0. The smallest absolute Gasteiger partial charge is 0.187 e. The maximum Gasteiger partial charge on any atom is 0.187 e. The number of halogens is 1. The first-order chi connectivity index (χ1) is 16.8. The number of allylic oxidation sites excluding steroid dienone is 1. The van der Waals surface area contributed by atoms with Crippen LogP contribution in [-0.2, 0) is 9.47 Å². The van der Waals surface area contributed by atoms with E-state index in [0.717, 1.165) is 50.6 Å². The van der Waals surface area contributed by atoms with Crippen LogP contribution in [0.1, 0.15) is 30.7 Å². The Hall–Kier alpha value is -1.78. The predicted molar refractivity (Wildman–Crippen MR) is 140 cm³/mol. The third kappa shape index (κ3) is 7.85. The summed E-state index contributed by atoms with van der Waals surface area (Å²) in [5.74, 6) is 0.998. The molecule has 194 valence electrons. The Morgan fingerprint density at radius 2 is 1.94 bits per heavy atom. The number of rotatable bonds is 11. The number of ether oxygens (including phenoxy) is 2. The summed E-state index contributed by atoms with van der Waals surface area (Å²) in [7, 11) is -1.16. The Balaban J connectivity index is 1.28. The standard InChI is InChI=1S/C26H41FN4O3Si/c1-35(2,3)16-15-34-19-31-18-22(29-25(26(31)32)30-11-13-33-14-12-30)5-4-10-28-24-17-23(24)20-6-8-21(27)9-7-20/h6-9,18,23-24,26,28,32H,4-5,10-17,19H2,1-3H3/t23-,24+,26?/m0/s1. The normalized spacial score (nSPS) is 24.9. The molecule has 0 bridgehead atoms. The number of aliphatic hydroxyl groups excluding tert-OH is 1. The molecule has 3 atom stereocenters. The highest BCUT2D eigenvalue weighted by Crippen LogP contribution is 2.40. The molecule has 9 heteroatoms. The summed E-state index contributed by atoms with van der Waals surface area (Å²) in [5, 5.41) is 14.7. The third-order valence-electron chi connectivity index (χ3n) is 6.79. The van der Waals surface area contributed by atoms with Gasteiger partial charge >= 0.3 is 0 Å². The van der Waals surface area contributed by atoms with Gasteiger partial charge in [-0.3, -0.25) is 0 Å². The van der Waals surface area contributed by atoms with Crippen molar-refractivity contribution >= 4 is 13.9 Å². The van der Waals surface area contributed by atoms with Crippen molar-refractivity contribution in [2.24, 2.45) is 4.99 Å². The van der Waals surface area contributed by atoms with Crippen molar-refractivity contribution in [3.05, 3.63) is 47.5 Å². The number of morpholine rings is 1. The largest absolute Gasteiger partial charge is 0.378 e. The van der Waals surface area contributed by atoms with Gasteiger partial charge in [0.2, 0.25) is 0 Å². The lowest BCUT2D eigenvalue weighted by atomic mass is 10.1. The van der Waals surface area contributed by atoms with Crippen LogP contribution < -0.4 is 5.32 Å². The number of benzene rings is 1. The van der Waals surface area contributed by atoms with E-state index in [2.05, 4.69) is 29.9 Å². The SMILES string of the molecule is C[Si](C)(C)CCOCN1C=C(CCCN[C@@H]2C[C@H]2c2ccc(F)cc2)N=C(N2CCOCC2)C1O. The van der Waals surface area contributed by atoms with E-state index in [0.29, 0.717) is 44.3 Å². The molecule has 1 aromatic rings. The average Bonchev–Trinajstić information content (AvgIpc) is 3.61. The van der Waals surface area contributed by atoms with E-state index in [4.69, 9.17) is 14.5 Å². The minimum atomic E-state index is -1.16. The molecule has 2 heterocycles. The monoisotopic (exact) mass is 504 g/mol. The van der Waals surface area contributed by atoms with Crippen LogP contribution in [0.3, 0.4) is 0 Å². The molecular formula is C26H41FN4O3Si. The number of amidine groups is 1. The van der Waals surface area contributed by atoms with Crippen molar-refractivity contribution in [2.75, 3.05) is 46.2 Å². The summed E-state index contributed by atoms with van der Waals surface area (Å²) >= 11 is 0. The highest BCUT2D eigenvalue weighted by atomic mass is 28.3. The zero-order valence-electron chi connectivity index (χ0n) is 21.4. The van der Waals surface area contributed by atoms with Crippen molar-refractivity contribution in [2.45, 2.75) is 63.1 Å². The third-order valence-corrected chi connectivity index (χ3v) is 8.50. The summed E-state index contributed by atoms with van der Waals surface area (Å²) in [4.78, 5) is 8.85. The van der Waals surface area contributed by atoms with Crippen LogP contribution in [0.4, 0.5) is 4.39 Å².